The molecule has 2 aliphatic heterocycles. The number of rotatable bonds is 8. The van der Waals surface area contributed by atoms with Crippen molar-refractivity contribution in [2.45, 2.75) is 45.3 Å². The number of likely N-dealkylation sites (tertiary alicyclic amines) is 1. The van der Waals surface area contributed by atoms with Gasteiger partial charge in [0.2, 0.25) is 5.91 Å². The summed E-state index contributed by atoms with van der Waals surface area (Å²) in [5, 5.41) is 9.89. The van der Waals surface area contributed by atoms with Crippen molar-refractivity contribution in [3.8, 4) is 17.2 Å². The summed E-state index contributed by atoms with van der Waals surface area (Å²) in [5.74, 6) is -1.02. The molecule has 2 aliphatic rings. The van der Waals surface area contributed by atoms with Gasteiger partial charge >= 0.3 is 5.97 Å². The van der Waals surface area contributed by atoms with Crippen LogP contribution in [0.1, 0.15) is 44.2 Å². The number of carbonyl (C=O) groups is 2. The van der Waals surface area contributed by atoms with Crippen LogP contribution in [0.25, 0.3) is 0 Å². The number of para-hydroxylation sites is 1. The van der Waals surface area contributed by atoms with E-state index in [1.54, 1.807) is 4.90 Å². The minimum Gasteiger partial charge on any atom is -0.490 e. The van der Waals surface area contributed by atoms with Crippen LogP contribution in [0, 0.1) is 5.92 Å². The van der Waals surface area contributed by atoms with Gasteiger partial charge in [-0.2, -0.15) is 0 Å². The minimum absolute atomic E-state index is 0.341. The maximum Gasteiger partial charge on any atom is 0.316 e. The third-order valence-electron chi connectivity index (χ3n) is 6.25. The van der Waals surface area contributed by atoms with Gasteiger partial charge < -0.3 is 24.2 Å². The van der Waals surface area contributed by atoms with E-state index >= 15 is 0 Å². The Hall–Kier alpha value is -3.22. The molecule has 1 saturated heterocycles. The van der Waals surface area contributed by atoms with Crippen LogP contribution in [-0.4, -0.2) is 47.4 Å². The van der Waals surface area contributed by atoms with E-state index in [1.807, 2.05) is 63.2 Å². The Balaban J connectivity index is 1.61. The molecule has 0 saturated carbocycles. The second kappa shape index (κ2) is 8.73. The van der Waals surface area contributed by atoms with Crippen LogP contribution in [0.15, 0.2) is 42.5 Å². The molecule has 1 amide bonds. The van der Waals surface area contributed by atoms with E-state index in [-0.39, 0.29) is 0 Å². The Kier molecular flexibility index (Phi) is 6.00. The summed E-state index contributed by atoms with van der Waals surface area (Å²) in [5.41, 5.74) is 0.868. The standard InChI is InChI=1S/C25H29NO6/c1-4-30-20-11-10-16(14-21(20)31-5-2)12-13-26-23(27)22(24(28)29)18-15-25(26,3)32-19-9-7-6-8-17(18)19/h6-11,14,18,22H,4-5,12-13,15H2,1-3H3,(H,28,29)/t18-,22+,25-/m0/s1. The summed E-state index contributed by atoms with van der Waals surface area (Å²) in [6, 6.07) is 13.1. The number of benzene rings is 2. The van der Waals surface area contributed by atoms with Crippen molar-refractivity contribution in [2.24, 2.45) is 5.92 Å². The largest absolute Gasteiger partial charge is 0.490 e. The summed E-state index contributed by atoms with van der Waals surface area (Å²) in [6.07, 6.45) is 0.982. The van der Waals surface area contributed by atoms with Crippen molar-refractivity contribution < 1.29 is 28.9 Å². The van der Waals surface area contributed by atoms with Gasteiger partial charge in [0.05, 0.1) is 13.2 Å². The fourth-order valence-electron chi connectivity index (χ4n) is 4.83. The predicted octanol–water partition coefficient (Wildman–Crippen LogP) is 3.85. The third-order valence-corrected chi connectivity index (χ3v) is 6.25. The Labute approximate surface area is 187 Å². The number of piperidine rings is 1. The lowest BCUT2D eigenvalue weighted by molar-refractivity contribution is -0.180. The van der Waals surface area contributed by atoms with Crippen molar-refractivity contribution in [1.82, 2.24) is 4.90 Å². The van der Waals surface area contributed by atoms with E-state index in [1.165, 1.54) is 0 Å². The molecule has 1 N–H and O–H groups in total. The molecule has 0 aliphatic carbocycles. The van der Waals surface area contributed by atoms with E-state index < -0.39 is 29.4 Å². The molecule has 7 heteroatoms. The molecular weight excluding hydrogens is 410 g/mol. The minimum atomic E-state index is -1.12. The van der Waals surface area contributed by atoms with Gasteiger partial charge in [0, 0.05) is 18.9 Å². The highest BCUT2D eigenvalue weighted by Gasteiger charge is 2.56. The zero-order chi connectivity index (χ0) is 22.9. The van der Waals surface area contributed by atoms with E-state index in [2.05, 4.69) is 0 Å². The van der Waals surface area contributed by atoms with Gasteiger partial charge in [0.25, 0.3) is 0 Å². The van der Waals surface area contributed by atoms with Gasteiger partial charge in [-0.1, -0.05) is 24.3 Å². The molecule has 2 aromatic rings. The first-order valence-electron chi connectivity index (χ1n) is 11.1. The smallest absolute Gasteiger partial charge is 0.316 e. The van der Waals surface area contributed by atoms with Crippen molar-refractivity contribution in [3.05, 3.63) is 53.6 Å². The zero-order valence-electron chi connectivity index (χ0n) is 18.7. The highest BCUT2D eigenvalue weighted by Crippen LogP contribution is 2.50. The number of nitrogens with zero attached hydrogens (tertiary/aromatic N) is 1. The lowest BCUT2D eigenvalue weighted by atomic mass is 9.73. The van der Waals surface area contributed by atoms with Gasteiger partial charge in [-0.15, -0.1) is 0 Å². The third kappa shape index (κ3) is 3.87. The fraction of sp³-hybridized carbons (Fsp3) is 0.440. The monoisotopic (exact) mass is 439 g/mol. The summed E-state index contributed by atoms with van der Waals surface area (Å²) < 4.78 is 17.6. The van der Waals surface area contributed by atoms with Crippen molar-refractivity contribution in [1.29, 1.82) is 0 Å². The highest BCUT2D eigenvalue weighted by atomic mass is 16.5. The summed E-state index contributed by atoms with van der Waals surface area (Å²) in [4.78, 5) is 27.0. The molecule has 170 valence electrons. The predicted molar refractivity (Wildman–Crippen MR) is 118 cm³/mol. The molecule has 3 atom stereocenters. The number of carboxylic acids is 1. The van der Waals surface area contributed by atoms with E-state index in [9.17, 15) is 14.7 Å². The van der Waals surface area contributed by atoms with Crippen LogP contribution >= 0.6 is 0 Å². The van der Waals surface area contributed by atoms with E-state index in [0.29, 0.717) is 49.8 Å². The number of carboxylic acid groups (broad SMARTS) is 1. The molecular formula is C25H29NO6. The van der Waals surface area contributed by atoms with Crippen molar-refractivity contribution >= 4 is 11.9 Å². The lowest BCUT2D eigenvalue weighted by Gasteiger charge is -2.52. The molecule has 1 fully saturated rings. The van der Waals surface area contributed by atoms with Gasteiger partial charge in [-0.3, -0.25) is 9.59 Å². The first-order chi connectivity index (χ1) is 15.4. The van der Waals surface area contributed by atoms with Crippen LogP contribution in [-0.2, 0) is 16.0 Å². The average Bonchev–Trinajstić information content (AvgIpc) is 2.75. The first kappa shape index (κ1) is 22.0. The molecule has 0 spiro atoms. The number of fused-ring (bicyclic) bond motifs is 4. The van der Waals surface area contributed by atoms with Gasteiger partial charge in [-0.05, 0) is 56.5 Å². The number of ether oxygens (including phenoxy) is 3. The zero-order valence-corrected chi connectivity index (χ0v) is 18.7. The maximum atomic E-state index is 13.3. The van der Waals surface area contributed by atoms with Gasteiger partial charge in [0.15, 0.2) is 17.2 Å². The number of amides is 1. The topological polar surface area (TPSA) is 85.3 Å². The molecule has 4 rings (SSSR count). The van der Waals surface area contributed by atoms with E-state index in [4.69, 9.17) is 14.2 Å². The SMILES string of the molecule is CCOc1ccc(CCN2C(=O)[C@H](C(=O)O)[C@H]3C[C@]2(C)Oc2ccccc23)cc1OCC. The van der Waals surface area contributed by atoms with E-state index in [0.717, 1.165) is 11.1 Å². The molecule has 32 heavy (non-hydrogen) atoms. The molecule has 0 unspecified atom stereocenters. The Morgan fingerprint density at radius 2 is 1.88 bits per heavy atom. The van der Waals surface area contributed by atoms with Crippen molar-refractivity contribution in [2.75, 3.05) is 19.8 Å². The highest BCUT2D eigenvalue weighted by molar-refractivity contribution is 5.99. The Bertz CT molecular complexity index is 1020. The summed E-state index contributed by atoms with van der Waals surface area (Å²) in [6.45, 7) is 7.10. The number of hydrogen-bond donors (Lipinski definition) is 1. The average molecular weight is 440 g/mol. The van der Waals surface area contributed by atoms with Crippen LogP contribution in [0.5, 0.6) is 17.2 Å². The Morgan fingerprint density at radius 3 is 2.59 bits per heavy atom. The number of aliphatic carboxylic acids is 1. The second-order valence-electron chi connectivity index (χ2n) is 8.33. The molecule has 0 radical (unpaired) electrons. The first-order valence-corrected chi connectivity index (χ1v) is 11.1. The molecule has 2 heterocycles. The molecule has 2 aromatic carbocycles. The molecule has 7 nitrogen and oxygen atoms in total. The Morgan fingerprint density at radius 1 is 1.16 bits per heavy atom. The molecule has 2 bridgehead atoms. The van der Waals surface area contributed by atoms with Gasteiger partial charge in [0.1, 0.15) is 11.7 Å². The van der Waals surface area contributed by atoms with Crippen LogP contribution < -0.4 is 14.2 Å². The quantitative estimate of drug-likeness (QED) is 0.629. The summed E-state index contributed by atoms with van der Waals surface area (Å²) in [7, 11) is 0. The van der Waals surface area contributed by atoms with Gasteiger partial charge in [-0.25, -0.2) is 0 Å². The maximum absolute atomic E-state index is 13.3. The van der Waals surface area contributed by atoms with Crippen LogP contribution in [0.3, 0.4) is 0 Å². The normalized spacial score (nSPS) is 23.8. The summed E-state index contributed by atoms with van der Waals surface area (Å²) >= 11 is 0. The second-order valence-corrected chi connectivity index (χ2v) is 8.33. The van der Waals surface area contributed by atoms with Crippen molar-refractivity contribution in [3.63, 3.8) is 0 Å². The van der Waals surface area contributed by atoms with Crippen LogP contribution in [0.2, 0.25) is 0 Å². The number of hydrogen-bond acceptors (Lipinski definition) is 5. The number of carbonyl (C=O) groups excluding carboxylic acids is 1. The fourth-order valence-corrected chi connectivity index (χ4v) is 4.83. The van der Waals surface area contributed by atoms with Crippen LogP contribution in [0.4, 0.5) is 0 Å². The lowest BCUT2D eigenvalue weighted by Crippen LogP contribution is -2.64. The molecule has 0 aromatic heterocycles.